The third kappa shape index (κ3) is 3.21. The lowest BCUT2D eigenvalue weighted by molar-refractivity contribution is 0.330. The molecule has 1 aromatic carbocycles. The number of anilines is 1. The summed E-state index contributed by atoms with van der Waals surface area (Å²) in [7, 11) is 3.27. The van der Waals surface area contributed by atoms with Crippen molar-refractivity contribution in [1.82, 2.24) is 19.5 Å². The van der Waals surface area contributed by atoms with Gasteiger partial charge in [-0.05, 0) is 24.8 Å². The molecule has 0 radical (unpaired) electrons. The Morgan fingerprint density at radius 2 is 2.14 bits per heavy atom. The van der Waals surface area contributed by atoms with Crippen LogP contribution in [0.25, 0.3) is 22.7 Å². The summed E-state index contributed by atoms with van der Waals surface area (Å²) in [4.78, 5) is 18.0. The zero-order chi connectivity index (χ0) is 20.4. The van der Waals surface area contributed by atoms with Crippen molar-refractivity contribution < 1.29 is 14.6 Å². The summed E-state index contributed by atoms with van der Waals surface area (Å²) >= 11 is 0. The second-order valence-electron chi connectivity index (χ2n) is 5.90. The summed E-state index contributed by atoms with van der Waals surface area (Å²) in [5.74, 6) is 1.73. The largest absolute Gasteiger partial charge is 0.506 e. The van der Waals surface area contributed by atoms with E-state index in [2.05, 4.69) is 36.7 Å². The highest BCUT2D eigenvalue weighted by Gasteiger charge is 2.24. The molecule has 2 aromatic heterocycles. The Hall–Kier alpha value is -4.06. The van der Waals surface area contributed by atoms with Gasteiger partial charge in [0.15, 0.2) is 22.8 Å². The van der Waals surface area contributed by atoms with Crippen molar-refractivity contribution in [1.29, 1.82) is 0 Å². The number of ether oxygens (including phenoxy) is 2. The third-order valence-electron chi connectivity index (χ3n) is 4.16. The number of nitrogens with zero attached hydrogens (tertiary/aromatic N) is 5. The minimum Gasteiger partial charge on any atom is -0.506 e. The average Bonchev–Trinajstić information content (AvgIpc) is 3.12. The fraction of sp³-hybridized carbons (Fsp3) is 0.200. The molecular weight excluding hydrogens is 372 g/mol. The summed E-state index contributed by atoms with van der Waals surface area (Å²) in [6, 6.07) is 4.98. The number of aliphatic imine (C=N–C) groups is 1. The molecule has 146 valence electrons. The number of para-hydroxylation sites is 1. The van der Waals surface area contributed by atoms with Crippen LogP contribution in [0.2, 0.25) is 0 Å². The van der Waals surface area contributed by atoms with Gasteiger partial charge < -0.3 is 19.9 Å². The van der Waals surface area contributed by atoms with Crippen molar-refractivity contribution in [2.75, 3.05) is 26.1 Å². The number of imidazole rings is 1. The van der Waals surface area contributed by atoms with Gasteiger partial charge in [0.05, 0.1) is 26.0 Å². The fourth-order valence-electron chi connectivity index (χ4n) is 2.91. The number of nitrogens with one attached hydrogen (secondary N) is 1. The lowest BCUT2D eigenvalue weighted by atomic mass is 10.2. The first-order valence-corrected chi connectivity index (χ1v) is 8.89. The zero-order valence-corrected chi connectivity index (χ0v) is 16.1. The maximum absolute atomic E-state index is 10.6. The molecule has 9 heteroatoms. The number of methoxy groups -OCH3 is 1. The maximum atomic E-state index is 10.6. The average molecular weight is 390 g/mol. The monoisotopic (exact) mass is 390 g/mol. The van der Waals surface area contributed by atoms with Crippen LogP contribution >= 0.6 is 0 Å². The predicted molar refractivity (Wildman–Crippen MR) is 108 cm³/mol. The Labute approximate surface area is 166 Å². The quantitative estimate of drug-likeness (QED) is 0.645. The summed E-state index contributed by atoms with van der Waals surface area (Å²) in [5, 5.41) is 13.6. The van der Waals surface area contributed by atoms with Gasteiger partial charge in [0, 0.05) is 7.05 Å². The summed E-state index contributed by atoms with van der Waals surface area (Å²) in [6.07, 6.45) is 3.17. The van der Waals surface area contributed by atoms with Crippen LogP contribution in [0.5, 0.6) is 11.5 Å². The van der Waals surface area contributed by atoms with Crippen LogP contribution < -0.4 is 10.1 Å². The molecule has 9 nitrogen and oxygen atoms in total. The SMILES string of the molecule is CCOC1=NC(c2nc3ncc(NC)nc3n2-c2c(O)cccc2OC)=C=C=C1. The second kappa shape index (κ2) is 7.52. The van der Waals surface area contributed by atoms with E-state index in [-0.39, 0.29) is 5.75 Å². The second-order valence-corrected chi connectivity index (χ2v) is 5.90. The molecule has 0 aliphatic carbocycles. The molecule has 3 heterocycles. The molecule has 1 aliphatic heterocycles. The highest BCUT2D eigenvalue weighted by atomic mass is 16.5. The van der Waals surface area contributed by atoms with E-state index in [4.69, 9.17) is 9.47 Å². The number of fused-ring (bicyclic) bond motifs is 1. The third-order valence-corrected chi connectivity index (χ3v) is 4.16. The van der Waals surface area contributed by atoms with Crippen molar-refractivity contribution in [2.24, 2.45) is 4.99 Å². The molecule has 0 unspecified atom stereocenters. The molecule has 4 rings (SSSR count). The molecule has 1 aliphatic rings. The minimum absolute atomic E-state index is 0.00787. The smallest absolute Gasteiger partial charge is 0.223 e. The summed E-state index contributed by atoms with van der Waals surface area (Å²) < 4.78 is 12.6. The van der Waals surface area contributed by atoms with Crippen LogP contribution in [0.3, 0.4) is 0 Å². The molecule has 0 saturated heterocycles. The minimum atomic E-state index is -0.00787. The van der Waals surface area contributed by atoms with Crippen molar-refractivity contribution in [3.63, 3.8) is 0 Å². The van der Waals surface area contributed by atoms with E-state index in [1.165, 1.54) is 7.11 Å². The van der Waals surface area contributed by atoms with Crippen LogP contribution in [-0.4, -0.2) is 51.3 Å². The summed E-state index contributed by atoms with van der Waals surface area (Å²) in [6.45, 7) is 2.33. The van der Waals surface area contributed by atoms with Crippen molar-refractivity contribution in [3.8, 4) is 17.2 Å². The van der Waals surface area contributed by atoms with Crippen LogP contribution in [0, 0.1) is 0 Å². The predicted octanol–water partition coefficient (Wildman–Crippen LogP) is 2.67. The molecule has 0 bridgehead atoms. The van der Waals surface area contributed by atoms with Crippen LogP contribution in [0.4, 0.5) is 5.82 Å². The van der Waals surface area contributed by atoms with E-state index in [1.54, 1.807) is 42.1 Å². The molecule has 3 aromatic rings. The molecule has 0 fully saturated rings. The van der Waals surface area contributed by atoms with Crippen LogP contribution in [0.15, 0.2) is 46.9 Å². The molecule has 0 atom stereocenters. The van der Waals surface area contributed by atoms with E-state index in [0.717, 1.165) is 0 Å². The van der Waals surface area contributed by atoms with E-state index in [1.807, 2.05) is 6.92 Å². The molecule has 29 heavy (non-hydrogen) atoms. The maximum Gasteiger partial charge on any atom is 0.223 e. The van der Waals surface area contributed by atoms with Gasteiger partial charge >= 0.3 is 0 Å². The Balaban J connectivity index is 2.06. The first-order chi connectivity index (χ1) is 14.2. The van der Waals surface area contributed by atoms with E-state index in [9.17, 15) is 5.11 Å². The van der Waals surface area contributed by atoms with Crippen molar-refractivity contribution >= 4 is 28.7 Å². The first kappa shape index (κ1) is 18.3. The Bertz CT molecular complexity index is 1230. The fourth-order valence-corrected chi connectivity index (χ4v) is 2.91. The van der Waals surface area contributed by atoms with E-state index in [0.29, 0.717) is 52.6 Å². The van der Waals surface area contributed by atoms with Gasteiger partial charge in [-0.3, -0.25) is 4.57 Å². The number of rotatable bonds is 5. The normalized spacial score (nSPS) is 12.7. The molecule has 0 spiro atoms. The van der Waals surface area contributed by atoms with Crippen LogP contribution in [-0.2, 0) is 4.74 Å². The Kier molecular flexibility index (Phi) is 4.75. The van der Waals surface area contributed by atoms with Gasteiger partial charge in [-0.1, -0.05) is 11.8 Å². The number of aromatic nitrogens is 4. The number of aromatic hydroxyl groups is 1. The van der Waals surface area contributed by atoms with Gasteiger partial charge in [0.25, 0.3) is 0 Å². The highest BCUT2D eigenvalue weighted by molar-refractivity contribution is 5.94. The number of phenols is 1. The number of phenolic OH excluding ortho intramolecular Hbond substituents is 1. The first-order valence-electron chi connectivity index (χ1n) is 8.89. The highest BCUT2D eigenvalue weighted by Crippen LogP contribution is 2.36. The standard InChI is InChI=1S/C20H18N6O3/c1-4-29-16-10-5-7-12(23-16)19-25-18-20(24-15(21-2)11-22-18)26(19)17-13(27)8-6-9-14(17)28-3/h6,8-11,27H,4H2,1-3H3,(H,21,24). The van der Waals surface area contributed by atoms with Gasteiger partial charge in [0.1, 0.15) is 23.0 Å². The topological polar surface area (TPSA) is 107 Å². The number of hydrogen-bond acceptors (Lipinski definition) is 8. The van der Waals surface area contributed by atoms with Crippen LogP contribution in [0.1, 0.15) is 12.7 Å². The molecule has 0 saturated carbocycles. The molecular formula is C20H18N6O3. The van der Waals surface area contributed by atoms with Crippen molar-refractivity contribution in [3.05, 3.63) is 47.8 Å². The lowest BCUT2D eigenvalue weighted by Gasteiger charge is -2.14. The van der Waals surface area contributed by atoms with Gasteiger partial charge in [-0.2, -0.15) is 0 Å². The number of benzene rings is 1. The van der Waals surface area contributed by atoms with Gasteiger partial charge in [-0.25, -0.2) is 19.9 Å². The number of hydrogen-bond donors (Lipinski definition) is 2. The Morgan fingerprint density at radius 3 is 2.90 bits per heavy atom. The molecule has 0 amide bonds. The summed E-state index contributed by atoms with van der Waals surface area (Å²) in [5.41, 5.74) is 7.37. The lowest BCUT2D eigenvalue weighted by Crippen LogP contribution is -2.07. The van der Waals surface area contributed by atoms with Crippen molar-refractivity contribution in [2.45, 2.75) is 6.92 Å². The van der Waals surface area contributed by atoms with Gasteiger partial charge in [-0.15, -0.1) is 0 Å². The zero-order valence-electron chi connectivity index (χ0n) is 16.1. The molecule has 2 N–H and O–H groups in total. The van der Waals surface area contributed by atoms with E-state index < -0.39 is 0 Å². The van der Waals surface area contributed by atoms with Gasteiger partial charge in [0.2, 0.25) is 5.90 Å². The van der Waals surface area contributed by atoms with E-state index >= 15 is 0 Å². The Morgan fingerprint density at radius 1 is 1.28 bits per heavy atom.